The Hall–Kier alpha value is -1.43. The van der Waals surface area contributed by atoms with Crippen molar-refractivity contribution < 1.29 is 14.3 Å². The Labute approximate surface area is 142 Å². The number of carbonyl (C=O) groups is 2. The number of hydrogen-bond acceptors (Lipinski definition) is 5. The lowest BCUT2D eigenvalue weighted by Gasteiger charge is -2.32. The van der Waals surface area contributed by atoms with E-state index in [0.717, 1.165) is 30.1 Å². The Morgan fingerprint density at radius 2 is 2.13 bits per heavy atom. The number of rotatable bonds is 4. The number of carbonyl (C=O) groups excluding carboxylic acids is 2. The van der Waals surface area contributed by atoms with E-state index < -0.39 is 5.60 Å². The highest BCUT2D eigenvalue weighted by Crippen LogP contribution is 2.29. The highest BCUT2D eigenvalue weighted by molar-refractivity contribution is 7.09. The predicted molar refractivity (Wildman–Crippen MR) is 90.5 cm³/mol. The zero-order valence-corrected chi connectivity index (χ0v) is 15.2. The number of aromatic nitrogens is 1. The van der Waals surface area contributed by atoms with Crippen molar-refractivity contribution in [3.05, 3.63) is 16.1 Å². The van der Waals surface area contributed by atoms with Crippen LogP contribution in [-0.2, 0) is 14.3 Å². The third kappa shape index (κ3) is 5.61. The largest absolute Gasteiger partial charge is 0.460 e. The fourth-order valence-corrected chi connectivity index (χ4v) is 3.65. The van der Waals surface area contributed by atoms with Crippen molar-refractivity contribution in [3.8, 4) is 0 Å². The van der Waals surface area contributed by atoms with Gasteiger partial charge >= 0.3 is 5.97 Å². The van der Waals surface area contributed by atoms with E-state index in [0.29, 0.717) is 12.5 Å². The minimum absolute atomic E-state index is 0.0360. The van der Waals surface area contributed by atoms with Crippen molar-refractivity contribution in [2.45, 2.75) is 64.9 Å². The summed E-state index contributed by atoms with van der Waals surface area (Å²) >= 11 is 1.67. The Balaban J connectivity index is 1.83. The molecule has 2 rings (SSSR count). The molecule has 0 saturated carbocycles. The molecule has 1 saturated heterocycles. The van der Waals surface area contributed by atoms with Crippen LogP contribution in [0.3, 0.4) is 0 Å². The maximum absolute atomic E-state index is 12.4. The van der Waals surface area contributed by atoms with Crippen molar-refractivity contribution in [2.75, 3.05) is 13.1 Å². The summed E-state index contributed by atoms with van der Waals surface area (Å²) in [6, 6.07) is 0. The summed E-state index contributed by atoms with van der Waals surface area (Å²) in [5, 5.41) is 3.17. The van der Waals surface area contributed by atoms with Crippen LogP contribution in [-0.4, -0.2) is 40.5 Å². The third-order valence-corrected chi connectivity index (χ3v) is 4.85. The number of piperidine rings is 1. The fraction of sp³-hybridized carbons (Fsp3) is 0.706. The molecule has 6 heteroatoms. The van der Waals surface area contributed by atoms with Gasteiger partial charge in [-0.1, -0.05) is 0 Å². The normalized spacial score (nSPS) is 18.8. The molecule has 1 aliphatic heterocycles. The summed E-state index contributed by atoms with van der Waals surface area (Å²) in [7, 11) is 0. The molecule has 5 nitrogen and oxygen atoms in total. The third-order valence-electron chi connectivity index (χ3n) is 3.72. The van der Waals surface area contributed by atoms with Gasteiger partial charge in [0, 0.05) is 36.5 Å². The number of esters is 1. The van der Waals surface area contributed by atoms with Gasteiger partial charge in [-0.15, -0.1) is 11.3 Å². The van der Waals surface area contributed by atoms with Crippen LogP contribution < -0.4 is 0 Å². The van der Waals surface area contributed by atoms with Crippen LogP contribution in [0.25, 0.3) is 0 Å². The van der Waals surface area contributed by atoms with Gasteiger partial charge < -0.3 is 9.64 Å². The molecule has 23 heavy (non-hydrogen) atoms. The fourth-order valence-electron chi connectivity index (χ4n) is 2.72. The SMILES string of the molecule is Cc1csc(C2CCCN(C(=O)CCC(=O)OC(C)(C)C)C2)n1. The second-order valence-electron chi connectivity index (χ2n) is 7.09. The number of nitrogens with zero attached hydrogens (tertiary/aromatic N) is 2. The van der Waals surface area contributed by atoms with Gasteiger partial charge in [-0.25, -0.2) is 4.98 Å². The summed E-state index contributed by atoms with van der Waals surface area (Å²) in [6.07, 6.45) is 2.43. The van der Waals surface area contributed by atoms with Crippen molar-refractivity contribution in [3.63, 3.8) is 0 Å². The molecular weight excluding hydrogens is 312 g/mol. The van der Waals surface area contributed by atoms with Crippen molar-refractivity contribution >= 4 is 23.2 Å². The molecular formula is C17H26N2O3S. The summed E-state index contributed by atoms with van der Waals surface area (Å²) in [5.74, 6) is 0.0525. The molecule has 0 N–H and O–H groups in total. The monoisotopic (exact) mass is 338 g/mol. The molecule has 1 aromatic rings. The number of thiazole rings is 1. The van der Waals surface area contributed by atoms with Crippen LogP contribution in [0.15, 0.2) is 5.38 Å². The molecule has 1 unspecified atom stereocenters. The number of hydrogen-bond donors (Lipinski definition) is 0. The van der Waals surface area contributed by atoms with E-state index in [-0.39, 0.29) is 24.7 Å². The van der Waals surface area contributed by atoms with Crippen molar-refractivity contribution in [2.24, 2.45) is 0 Å². The first kappa shape index (κ1) is 17.9. The summed E-state index contributed by atoms with van der Waals surface area (Å²) < 4.78 is 5.25. The Morgan fingerprint density at radius 3 is 2.74 bits per heavy atom. The maximum atomic E-state index is 12.4. The van der Waals surface area contributed by atoms with E-state index in [1.54, 1.807) is 11.3 Å². The van der Waals surface area contributed by atoms with Gasteiger partial charge in [0.05, 0.1) is 11.4 Å². The average molecular weight is 338 g/mol. The topological polar surface area (TPSA) is 59.5 Å². The second-order valence-corrected chi connectivity index (χ2v) is 7.98. The minimum Gasteiger partial charge on any atom is -0.460 e. The number of likely N-dealkylation sites (tertiary alicyclic amines) is 1. The van der Waals surface area contributed by atoms with Crippen molar-refractivity contribution in [1.82, 2.24) is 9.88 Å². The first-order valence-electron chi connectivity index (χ1n) is 8.16. The van der Waals surface area contributed by atoms with Crippen LogP contribution in [0.5, 0.6) is 0 Å². The quantitative estimate of drug-likeness (QED) is 0.791. The molecule has 0 aliphatic carbocycles. The van der Waals surface area contributed by atoms with Crippen LogP contribution in [0.1, 0.15) is 63.1 Å². The van der Waals surface area contributed by atoms with Gasteiger partial charge in [0.2, 0.25) is 5.91 Å². The molecule has 0 bridgehead atoms. The molecule has 1 aliphatic rings. The average Bonchev–Trinajstić information content (AvgIpc) is 2.90. The molecule has 2 heterocycles. The van der Waals surface area contributed by atoms with E-state index in [4.69, 9.17) is 4.74 Å². The molecule has 1 fully saturated rings. The van der Waals surface area contributed by atoms with E-state index in [2.05, 4.69) is 10.4 Å². The lowest BCUT2D eigenvalue weighted by atomic mass is 9.98. The molecule has 1 atom stereocenters. The zero-order chi connectivity index (χ0) is 17.0. The number of amides is 1. The molecule has 0 spiro atoms. The number of aryl methyl sites for hydroxylation is 1. The van der Waals surface area contributed by atoms with Gasteiger partial charge in [0.1, 0.15) is 5.60 Å². The van der Waals surface area contributed by atoms with Crippen molar-refractivity contribution in [1.29, 1.82) is 0 Å². The lowest BCUT2D eigenvalue weighted by molar-refractivity contribution is -0.156. The summed E-state index contributed by atoms with van der Waals surface area (Å²) in [6.45, 7) is 8.97. The first-order chi connectivity index (χ1) is 10.7. The van der Waals surface area contributed by atoms with Crippen LogP contribution in [0.4, 0.5) is 0 Å². The summed E-state index contributed by atoms with van der Waals surface area (Å²) in [5.41, 5.74) is 0.539. The van der Waals surface area contributed by atoms with Crippen LogP contribution in [0.2, 0.25) is 0 Å². The lowest BCUT2D eigenvalue weighted by Crippen LogP contribution is -2.39. The molecule has 0 aromatic carbocycles. The van der Waals surface area contributed by atoms with Crippen LogP contribution >= 0.6 is 11.3 Å². The van der Waals surface area contributed by atoms with E-state index in [1.165, 1.54) is 0 Å². The maximum Gasteiger partial charge on any atom is 0.306 e. The van der Waals surface area contributed by atoms with E-state index >= 15 is 0 Å². The smallest absolute Gasteiger partial charge is 0.306 e. The van der Waals surface area contributed by atoms with Gasteiger partial charge in [-0.2, -0.15) is 0 Å². The Morgan fingerprint density at radius 1 is 1.39 bits per heavy atom. The standard InChI is InChI=1S/C17H26N2O3S/c1-12-11-23-16(18-12)13-6-5-9-19(10-13)14(20)7-8-15(21)22-17(2,3)4/h11,13H,5-10H2,1-4H3. The highest BCUT2D eigenvalue weighted by Gasteiger charge is 2.27. The Bertz CT molecular complexity index is 562. The zero-order valence-electron chi connectivity index (χ0n) is 14.4. The second kappa shape index (κ2) is 7.43. The molecule has 128 valence electrons. The Kier molecular flexibility index (Phi) is 5.79. The summed E-state index contributed by atoms with van der Waals surface area (Å²) in [4.78, 5) is 30.5. The van der Waals surface area contributed by atoms with E-state index in [1.807, 2.05) is 32.6 Å². The molecule has 1 amide bonds. The van der Waals surface area contributed by atoms with Gasteiger partial charge in [-0.3, -0.25) is 9.59 Å². The minimum atomic E-state index is -0.501. The van der Waals surface area contributed by atoms with Crippen LogP contribution in [0, 0.1) is 6.92 Å². The van der Waals surface area contributed by atoms with Gasteiger partial charge in [-0.05, 0) is 40.5 Å². The highest BCUT2D eigenvalue weighted by atomic mass is 32.1. The van der Waals surface area contributed by atoms with E-state index in [9.17, 15) is 9.59 Å². The van der Waals surface area contributed by atoms with Gasteiger partial charge in [0.15, 0.2) is 0 Å². The first-order valence-corrected chi connectivity index (χ1v) is 9.04. The number of ether oxygens (including phenoxy) is 1. The predicted octanol–water partition coefficient (Wildman–Crippen LogP) is 3.28. The van der Waals surface area contributed by atoms with Gasteiger partial charge in [0.25, 0.3) is 0 Å². The molecule has 0 radical (unpaired) electrons. The molecule has 1 aromatic heterocycles.